The summed E-state index contributed by atoms with van der Waals surface area (Å²) in [5.41, 5.74) is 7.39. The standard InChI is InChI=1S/C29H29N7O/c1-21-17-34(14-15-36(21)28(37)19-35-20-32-26-5-3-12-31-29(26)35)27-6-2-4-23-11-13-33(18-25(23)27)24-9-7-22(16-30)8-10-24/h2-10,12,20-21H,11,13-15,17-19H2,1H3. The fourth-order valence-electron chi connectivity index (χ4n) is 5.62. The molecule has 2 aromatic heterocycles. The van der Waals surface area contributed by atoms with Gasteiger partial charge in [0.25, 0.3) is 0 Å². The lowest BCUT2D eigenvalue weighted by Gasteiger charge is -2.43. The van der Waals surface area contributed by atoms with Gasteiger partial charge in [0.05, 0.1) is 18.0 Å². The maximum atomic E-state index is 13.2. The van der Waals surface area contributed by atoms with E-state index in [1.54, 1.807) is 12.5 Å². The van der Waals surface area contributed by atoms with Crippen molar-refractivity contribution in [1.82, 2.24) is 19.4 Å². The van der Waals surface area contributed by atoms with Crippen LogP contribution in [0.5, 0.6) is 0 Å². The van der Waals surface area contributed by atoms with Crippen LogP contribution in [-0.2, 0) is 24.3 Å². The lowest BCUT2D eigenvalue weighted by atomic mass is 9.96. The summed E-state index contributed by atoms with van der Waals surface area (Å²) >= 11 is 0. The van der Waals surface area contributed by atoms with Crippen LogP contribution in [0.2, 0.25) is 0 Å². The van der Waals surface area contributed by atoms with Gasteiger partial charge in [0.2, 0.25) is 5.91 Å². The van der Waals surface area contributed by atoms with E-state index in [9.17, 15) is 4.79 Å². The second-order valence-electron chi connectivity index (χ2n) is 9.85. The van der Waals surface area contributed by atoms with Crippen LogP contribution >= 0.6 is 0 Å². The summed E-state index contributed by atoms with van der Waals surface area (Å²) in [6, 6.07) is 20.5. The average Bonchev–Trinajstić information content (AvgIpc) is 3.35. The molecule has 186 valence electrons. The van der Waals surface area contributed by atoms with Crippen molar-refractivity contribution in [3.8, 4) is 6.07 Å². The maximum absolute atomic E-state index is 13.2. The van der Waals surface area contributed by atoms with Crippen LogP contribution in [0, 0.1) is 11.3 Å². The van der Waals surface area contributed by atoms with E-state index in [0.717, 1.165) is 49.5 Å². The molecular weight excluding hydrogens is 462 g/mol. The number of nitrogens with zero attached hydrogens (tertiary/aromatic N) is 7. The minimum atomic E-state index is 0.0954. The Kier molecular flexibility index (Phi) is 5.97. The van der Waals surface area contributed by atoms with E-state index in [2.05, 4.69) is 51.0 Å². The summed E-state index contributed by atoms with van der Waals surface area (Å²) in [5, 5.41) is 9.13. The summed E-state index contributed by atoms with van der Waals surface area (Å²) in [5.74, 6) is 0.0965. The number of carbonyl (C=O) groups excluding carboxylic acids is 1. The van der Waals surface area contributed by atoms with E-state index in [-0.39, 0.29) is 18.5 Å². The predicted octanol–water partition coefficient (Wildman–Crippen LogP) is 3.60. The molecule has 0 N–H and O–H groups in total. The van der Waals surface area contributed by atoms with Gasteiger partial charge >= 0.3 is 0 Å². The minimum Gasteiger partial charge on any atom is -0.367 e. The number of rotatable bonds is 4. The Labute approximate surface area is 216 Å². The minimum absolute atomic E-state index is 0.0954. The van der Waals surface area contributed by atoms with E-state index in [0.29, 0.717) is 12.1 Å². The van der Waals surface area contributed by atoms with E-state index >= 15 is 0 Å². The fraction of sp³-hybridized carbons (Fsp3) is 0.310. The van der Waals surface area contributed by atoms with Crippen molar-refractivity contribution < 1.29 is 4.79 Å². The first-order chi connectivity index (χ1) is 18.1. The van der Waals surface area contributed by atoms with Gasteiger partial charge in [0.15, 0.2) is 5.65 Å². The summed E-state index contributed by atoms with van der Waals surface area (Å²) in [6.07, 6.45) is 4.42. The number of anilines is 2. The van der Waals surface area contributed by atoms with Gasteiger partial charge in [-0.05, 0) is 66.9 Å². The Bertz CT molecular complexity index is 1490. The number of hydrogen-bond donors (Lipinski definition) is 0. The highest BCUT2D eigenvalue weighted by atomic mass is 16.2. The number of nitriles is 1. The Balaban J connectivity index is 1.16. The second kappa shape index (κ2) is 9.58. The Morgan fingerprint density at radius 1 is 1.03 bits per heavy atom. The average molecular weight is 492 g/mol. The number of aromatic nitrogens is 3. The number of piperazine rings is 1. The van der Waals surface area contributed by atoms with E-state index in [4.69, 9.17) is 5.26 Å². The number of hydrogen-bond acceptors (Lipinski definition) is 6. The van der Waals surface area contributed by atoms with E-state index in [1.165, 1.54) is 16.8 Å². The van der Waals surface area contributed by atoms with Crippen molar-refractivity contribution in [2.75, 3.05) is 36.0 Å². The lowest BCUT2D eigenvalue weighted by molar-refractivity contribution is -0.134. The third-order valence-corrected chi connectivity index (χ3v) is 7.58. The predicted molar refractivity (Wildman–Crippen MR) is 143 cm³/mol. The van der Waals surface area contributed by atoms with Crippen molar-refractivity contribution in [2.24, 2.45) is 0 Å². The molecular formula is C29H29N7O. The third kappa shape index (κ3) is 4.38. The molecule has 1 saturated heterocycles. The fourth-order valence-corrected chi connectivity index (χ4v) is 5.62. The number of pyridine rings is 1. The molecule has 0 bridgehead atoms. The topological polar surface area (TPSA) is 81.3 Å². The number of amides is 1. The van der Waals surface area contributed by atoms with Crippen LogP contribution < -0.4 is 9.80 Å². The third-order valence-electron chi connectivity index (χ3n) is 7.58. The first-order valence-corrected chi connectivity index (χ1v) is 12.8. The monoisotopic (exact) mass is 491 g/mol. The summed E-state index contributed by atoms with van der Waals surface area (Å²) < 4.78 is 1.84. The Morgan fingerprint density at radius 3 is 2.70 bits per heavy atom. The van der Waals surface area contributed by atoms with Crippen molar-refractivity contribution in [1.29, 1.82) is 5.26 Å². The molecule has 8 nitrogen and oxygen atoms in total. The van der Waals surface area contributed by atoms with Crippen LogP contribution in [-0.4, -0.2) is 57.6 Å². The number of carbonyl (C=O) groups is 1. The largest absolute Gasteiger partial charge is 0.367 e. The SMILES string of the molecule is CC1CN(c2cccc3c2CN(c2ccc(C#N)cc2)CC3)CCN1C(=O)Cn1cnc2cccnc21. The summed E-state index contributed by atoms with van der Waals surface area (Å²) in [6.45, 7) is 6.45. The molecule has 0 radical (unpaired) electrons. The van der Waals surface area contributed by atoms with Crippen LogP contribution in [0.15, 0.2) is 67.1 Å². The van der Waals surface area contributed by atoms with Gasteiger partial charge in [0.1, 0.15) is 12.1 Å². The van der Waals surface area contributed by atoms with Gasteiger partial charge in [-0.15, -0.1) is 0 Å². The zero-order chi connectivity index (χ0) is 25.4. The van der Waals surface area contributed by atoms with Crippen LogP contribution in [0.3, 0.4) is 0 Å². The molecule has 2 aliphatic heterocycles. The normalized spacial score (nSPS) is 17.5. The van der Waals surface area contributed by atoms with Gasteiger partial charge in [-0.25, -0.2) is 9.97 Å². The molecule has 2 aromatic carbocycles. The molecule has 1 atom stereocenters. The quantitative estimate of drug-likeness (QED) is 0.434. The number of fused-ring (bicyclic) bond motifs is 2. The molecule has 0 saturated carbocycles. The zero-order valence-corrected chi connectivity index (χ0v) is 20.9. The second-order valence-corrected chi connectivity index (χ2v) is 9.85. The van der Waals surface area contributed by atoms with Gasteiger partial charge < -0.3 is 19.3 Å². The van der Waals surface area contributed by atoms with Gasteiger partial charge in [-0.2, -0.15) is 5.26 Å². The first-order valence-electron chi connectivity index (χ1n) is 12.8. The van der Waals surface area contributed by atoms with Crippen molar-refractivity contribution >= 4 is 28.4 Å². The number of imidazole rings is 1. The van der Waals surface area contributed by atoms with Gasteiger partial charge in [0, 0.05) is 56.3 Å². The summed E-state index contributed by atoms with van der Waals surface area (Å²) in [4.78, 5) is 28.8. The van der Waals surface area contributed by atoms with Crippen LogP contribution in [0.25, 0.3) is 11.2 Å². The molecule has 4 heterocycles. The van der Waals surface area contributed by atoms with Crippen molar-refractivity contribution in [2.45, 2.75) is 32.5 Å². The van der Waals surface area contributed by atoms with Gasteiger partial charge in [-0.3, -0.25) is 4.79 Å². The maximum Gasteiger partial charge on any atom is 0.242 e. The van der Waals surface area contributed by atoms with Crippen LogP contribution in [0.4, 0.5) is 11.4 Å². The van der Waals surface area contributed by atoms with Gasteiger partial charge in [-0.1, -0.05) is 12.1 Å². The van der Waals surface area contributed by atoms with Crippen molar-refractivity contribution in [3.63, 3.8) is 0 Å². The molecule has 4 aromatic rings. The molecule has 1 unspecified atom stereocenters. The molecule has 1 amide bonds. The Hall–Kier alpha value is -4.38. The molecule has 0 spiro atoms. The molecule has 37 heavy (non-hydrogen) atoms. The summed E-state index contributed by atoms with van der Waals surface area (Å²) in [7, 11) is 0. The van der Waals surface area contributed by atoms with E-state index in [1.807, 2.05) is 45.9 Å². The lowest BCUT2D eigenvalue weighted by Crippen LogP contribution is -2.55. The number of benzene rings is 2. The van der Waals surface area contributed by atoms with Crippen LogP contribution in [0.1, 0.15) is 23.6 Å². The molecule has 2 aliphatic rings. The highest BCUT2D eigenvalue weighted by Crippen LogP contribution is 2.33. The highest BCUT2D eigenvalue weighted by molar-refractivity contribution is 5.79. The van der Waals surface area contributed by atoms with E-state index < -0.39 is 0 Å². The zero-order valence-electron chi connectivity index (χ0n) is 20.9. The van der Waals surface area contributed by atoms with Crippen molar-refractivity contribution in [3.05, 3.63) is 83.8 Å². The smallest absolute Gasteiger partial charge is 0.242 e. The molecule has 8 heteroatoms. The molecule has 6 rings (SSSR count). The molecule has 1 fully saturated rings. The first kappa shape index (κ1) is 23.0. The Morgan fingerprint density at radius 2 is 1.89 bits per heavy atom. The molecule has 0 aliphatic carbocycles. The highest BCUT2D eigenvalue weighted by Gasteiger charge is 2.30.